The number of hydrogen-bond donors (Lipinski definition) is 0. The minimum absolute atomic E-state index is 0.0151. The van der Waals surface area contributed by atoms with Crippen LogP contribution in [0.5, 0.6) is 5.75 Å². The number of carbonyl (C=O) groups excluding carboxylic acids is 1. The van der Waals surface area contributed by atoms with Gasteiger partial charge in [-0.05, 0) is 57.1 Å². The van der Waals surface area contributed by atoms with E-state index in [2.05, 4.69) is 11.8 Å². The van der Waals surface area contributed by atoms with Crippen LogP contribution in [0, 0.1) is 5.92 Å². The minimum Gasteiger partial charge on any atom is -0.464 e. The molecular formula is C28H37NO5S2. The minimum atomic E-state index is -3.57. The molecule has 2 aromatic rings. The van der Waals surface area contributed by atoms with Gasteiger partial charge in [-0.3, -0.25) is 0 Å². The average molecular weight is 532 g/mol. The zero-order valence-electron chi connectivity index (χ0n) is 21.8. The van der Waals surface area contributed by atoms with Gasteiger partial charge in [-0.15, -0.1) is 11.8 Å². The summed E-state index contributed by atoms with van der Waals surface area (Å²) in [5.41, 5.74) is 1.01. The fraction of sp³-hybridized carbons (Fsp3) is 0.464. The molecule has 1 heterocycles. The normalized spacial score (nSPS) is 17.5. The Labute approximate surface area is 220 Å². The summed E-state index contributed by atoms with van der Waals surface area (Å²) in [4.78, 5) is 15.3. The summed E-state index contributed by atoms with van der Waals surface area (Å²) in [6.07, 6.45) is 5.33. The van der Waals surface area contributed by atoms with Gasteiger partial charge in [0, 0.05) is 18.3 Å². The van der Waals surface area contributed by atoms with Crippen molar-refractivity contribution in [3.63, 3.8) is 0 Å². The molecule has 0 amide bonds. The number of ether oxygens (including phenoxy) is 2. The number of hydrogen-bond acceptors (Lipinski definition) is 7. The first-order valence-corrected chi connectivity index (χ1v) is 15.1. The van der Waals surface area contributed by atoms with E-state index in [0.717, 1.165) is 35.6 Å². The Morgan fingerprint density at radius 3 is 2.53 bits per heavy atom. The molecule has 6 nitrogen and oxygen atoms in total. The van der Waals surface area contributed by atoms with Gasteiger partial charge >= 0.3 is 5.97 Å². The van der Waals surface area contributed by atoms with E-state index in [9.17, 15) is 13.2 Å². The fourth-order valence-electron chi connectivity index (χ4n) is 4.18. The van der Waals surface area contributed by atoms with Gasteiger partial charge in [0.1, 0.15) is 11.4 Å². The highest BCUT2D eigenvalue weighted by atomic mass is 32.2. The second-order valence-electron chi connectivity index (χ2n) is 9.89. The highest BCUT2D eigenvalue weighted by Gasteiger charge is 2.33. The van der Waals surface area contributed by atoms with Crippen molar-refractivity contribution in [2.75, 3.05) is 23.0 Å². The lowest BCUT2D eigenvalue weighted by Gasteiger charge is -2.28. The Balaban J connectivity index is 2.06. The highest BCUT2D eigenvalue weighted by molar-refractivity contribution is 7.99. The van der Waals surface area contributed by atoms with E-state index in [0.29, 0.717) is 18.0 Å². The largest absolute Gasteiger partial charge is 0.464 e. The topological polar surface area (TPSA) is 72.9 Å². The number of esters is 1. The van der Waals surface area contributed by atoms with Crippen LogP contribution < -0.4 is 9.64 Å². The molecule has 8 heteroatoms. The Morgan fingerprint density at radius 1 is 1.17 bits per heavy atom. The van der Waals surface area contributed by atoms with Crippen LogP contribution in [0.2, 0.25) is 0 Å². The fourth-order valence-corrected chi connectivity index (χ4v) is 6.78. The van der Waals surface area contributed by atoms with E-state index < -0.39 is 21.4 Å². The van der Waals surface area contributed by atoms with Crippen LogP contribution >= 0.6 is 11.8 Å². The number of thioether (sulfide) groups is 1. The zero-order chi connectivity index (χ0) is 26.3. The van der Waals surface area contributed by atoms with Crippen molar-refractivity contribution >= 4 is 38.9 Å². The van der Waals surface area contributed by atoms with Crippen LogP contribution in [0.25, 0.3) is 0 Å². The van der Waals surface area contributed by atoms with Gasteiger partial charge in [0.05, 0.1) is 33.6 Å². The first kappa shape index (κ1) is 28.1. The van der Waals surface area contributed by atoms with Crippen molar-refractivity contribution in [1.82, 2.24) is 0 Å². The van der Waals surface area contributed by atoms with Gasteiger partial charge in [0.2, 0.25) is 0 Å². The zero-order valence-corrected chi connectivity index (χ0v) is 23.5. The van der Waals surface area contributed by atoms with Gasteiger partial charge in [-0.2, -0.15) is 0 Å². The van der Waals surface area contributed by atoms with Crippen LogP contribution in [0.4, 0.5) is 11.4 Å². The standard InChI is InChI=1S/C28H37NO5S2/c1-6-8-12-21-19-29(22-13-10-9-11-14-22)23-17-25(35-7-2)24(18-26(23)36(31,32)20-21)33-16-15-27(30)34-28(3,4)5/h9-11,13-18,21H,6-8,12,19-20H2,1-5H3/b16-15+. The molecule has 0 radical (unpaired) electrons. The first-order chi connectivity index (χ1) is 17.0. The van der Waals surface area contributed by atoms with E-state index in [1.54, 1.807) is 38.6 Å². The SMILES string of the molecule is CCCCC1CN(c2ccccc2)c2cc(SCC)c(O/C=C/C(=O)OC(C)(C)C)cc2S(=O)(=O)C1. The van der Waals surface area contributed by atoms with Gasteiger partial charge in [0.25, 0.3) is 0 Å². The van der Waals surface area contributed by atoms with Crippen LogP contribution in [-0.2, 0) is 19.4 Å². The molecular weight excluding hydrogens is 494 g/mol. The van der Waals surface area contributed by atoms with Gasteiger partial charge in [0.15, 0.2) is 9.84 Å². The summed E-state index contributed by atoms with van der Waals surface area (Å²) < 4.78 is 38.4. The van der Waals surface area contributed by atoms with Crippen molar-refractivity contribution in [2.24, 2.45) is 5.92 Å². The van der Waals surface area contributed by atoms with Crippen molar-refractivity contribution in [3.05, 3.63) is 54.8 Å². The molecule has 0 N–H and O–H groups in total. The molecule has 0 spiro atoms. The molecule has 1 aliphatic rings. The van der Waals surface area contributed by atoms with E-state index in [4.69, 9.17) is 9.47 Å². The van der Waals surface area contributed by atoms with Gasteiger partial charge in [-0.25, -0.2) is 13.2 Å². The number of unbranched alkanes of at least 4 members (excludes halogenated alkanes) is 1. The number of rotatable bonds is 9. The summed E-state index contributed by atoms with van der Waals surface area (Å²) >= 11 is 1.57. The molecule has 1 atom stereocenters. The molecule has 0 bridgehead atoms. The number of fused-ring (bicyclic) bond motifs is 1. The number of anilines is 2. The maximum absolute atomic E-state index is 13.6. The first-order valence-electron chi connectivity index (χ1n) is 12.5. The maximum Gasteiger partial charge on any atom is 0.334 e. The third-order valence-electron chi connectivity index (χ3n) is 5.69. The molecule has 0 aliphatic carbocycles. The third kappa shape index (κ3) is 7.53. The Kier molecular flexibility index (Phi) is 9.53. The predicted molar refractivity (Wildman–Crippen MR) is 147 cm³/mol. The van der Waals surface area contributed by atoms with E-state index in [1.165, 1.54) is 12.3 Å². The van der Waals surface area contributed by atoms with Crippen LogP contribution in [0.15, 0.2) is 64.6 Å². The average Bonchev–Trinajstić information content (AvgIpc) is 2.91. The number of carbonyl (C=O) groups is 1. The quantitative estimate of drug-likeness (QED) is 0.153. The summed E-state index contributed by atoms with van der Waals surface area (Å²) in [5, 5.41) is 0. The summed E-state index contributed by atoms with van der Waals surface area (Å²) in [6, 6.07) is 13.4. The molecule has 1 unspecified atom stereocenters. The second kappa shape index (κ2) is 12.2. The van der Waals surface area contributed by atoms with Gasteiger partial charge in [-0.1, -0.05) is 44.9 Å². The molecule has 0 fully saturated rings. The molecule has 0 saturated heterocycles. The Bertz CT molecular complexity index is 1170. The lowest BCUT2D eigenvalue weighted by molar-refractivity contribution is -0.148. The lowest BCUT2D eigenvalue weighted by atomic mass is 10.0. The predicted octanol–water partition coefficient (Wildman–Crippen LogP) is 6.76. The van der Waals surface area contributed by atoms with Crippen LogP contribution in [0.3, 0.4) is 0 Å². The Morgan fingerprint density at radius 2 is 1.89 bits per heavy atom. The van der Waals surface area contributed by atoms with E-state index in [1.807, 2.05) is 43.3 Å². The smallest absolute Gasteiger partial charge is 0.334 e. The monoisotopic (exact) mass is 531 g/mol. The number of para-hydroxylation sites is 1. The lowest BCUT2D eigenvalue weighted by Crippen LogP contribution is -2.26. The third-order valence-corrected chi connectivity index (χ3v) is 8.51. The van der Waals surface area contributed by atoms with Crippen LogP contribution in [-0.4, -0.2) is 38.0 Å². The highest BCUT2D eigenvalue weighted by Crippen LogP contribution is 2.43. The summed E-state index contributed by atoms with van der Waals surface area (Å²) in [5.74, 6) is 0.771. The van der Waals surface area contributed by atoms with Crippen molar-refractivity contribution in [1.29, 1.82) is 0 Å². The summed E-state index contributed by atoms with van der Waals surface area (Å²) in [6.45, 7) is 10.2. The van der Waals surface area contributed by atoms with E-state index in [-0.39, 0.29) is 16.6 Å². The second-order valence-corrected chi connectivity index (χ2v) is 13.2. The summed E-state index contributed by atoms with van der Waals surface area (Å²) in [7, 11) is -3.57. The molecule has 0 saturated carbocycles. The van der Waals surface area contributed by atoms with E-state index >= 15 is 0 Å². The molecule has 2 aromatic carbocycles. The molecule has 196 valence electrons. The van der Waals surface area contributed by atoms with Crippen LogP contribution in [0.1, 0.15) is 53.9 Å². The maximum atomic E-state index is 13.6. The van der Waals surface area contributed by atoms with Gasteiger partial charge < -0.3 is 14.4 Å². The molecule has 36 heavy (non-hydrogen) atoms. The number of benzene rings is 2. The molecule has 1 aliphatic heterocycles. The Hall–Kier alpha value is -2.45. The van der Waals surface area contributed by atoms with Crippen molar-refractivity contribution < 1.29 is 22.7 Å². The number of nitrogens with zero attached hydrogens (tertiary/aromatic N) is 1. The number of sulfone groups is 1. The molecule has 0 aromatic heterocycles. The van der Waals surface area contributed by atoms with Crippen molar-refractivity contribution in [2.45, 2.75) is 69.3 Å². The molecule has 3 rings (SSSR count). The van der Waals surface area contributed by atoms with Crippen molar-refractivity contribution in [3.8, 4) is 5.75 Å².